The van der Waals surface area contributed by atoms with Crippen molar-refractivity contribution >= 4 is 21.9 Å². The first-order valence-corrected chi connectivity index (χ1v) is 9.96. The number of halogens is 1. The van der Waals surface area contributed by atoms with Crippen molar-refractivity contribution in [3.8, 4) is 5.75 Å². The van der Waals surface area contributed by atoms with Crippen LogP contribution in [0.4, 0.5) is 0 Å². The molecule has 1 saturated heterocycles. The fraction of sp³-hybridized carbons (Fsp3) is 0.632. The zero-order chi connectivity index (χ0) is 18.6. The summed E-state index contributed by atoms with van der Waals surface area (Å²) in [5, 5.41) is 3.38. The molecule has 26 heavy (non-hydrogen) atoms. The van der Waals surface area contributed by atoms with E-state index in [1.807, 2.05) is 31.3 Å². The molecule has 7 heteroatoms. The quantitative estimate of drug-likeness (QED) is 0.373. The zero-order valence-corrected chi connectivity index (χ0v) is 17.3. The Labute approximate surface area is 165 Å². The van der Waals surface area contributed by atoms with Gasteiger partial charge in [0.15, 0.2) is 5.96 Å². The average Bonchev–Trinajstić information content (AvgIpc) is 2.67. The number of hydrogen-bond donors (Lipinski definition) is 1. The van der Waals surface area contributed by atoms with Gasteiger partial charge in [-0.3, -0.25) is 4.99 Å². The molecule has 1 aromatic carbocycles. The fourth-order valence-corrected chi connectivity index (χ4v) is 3.15. The number of nitrogens with one attached hydrogen (secondary N) is 1. The summed E-state index contributed by atoms with van der Waals surface area (Å²) in [5.41, 5.74) is 0. The lowest BCUT2D eigenvalue weighted by Crippen LogP contribution is -2.47. The molecule has 2 rings (SSSR count). The van der Waals surface area contributed by atoms with Gasteiger partial charge in [-0.05, 0) is 43.5 Å². The van der Waals surface area contributed by atoms with Gasteiger partial charge in [0.25, 0.3) is 0 Å². The highest BCUT2D eigenvalue weighted by Crippen LogP contribution is 2.16. The first kappa shape index (κ1) is 21.0. The molecule has 0 aliphatic carbocycles. The van der Waals surface area contributed by atoms with E-state index in [-0.39, 0.29) is 0 Å². The van der Waals surface area contributed by atoms with Gasteiger partial charge in [0.1, 0.15) is 12.4 Å². The maximum Gasteiger partial charge on any atom is 0.193 e. The van der Waals surface area contributed by atoms with Crippen molar-refractivity contribution in [1.82, 2.24) is 10.2 Å². The monoisotopic (exact) mass is 427 g/mol. The van der Waals surface area contributed by atoms with E-state index in [0.29, 0.717) is 12.7 Å². The Hall–Kier alpha value is -1.31. The molecule has 1 aliphatic rings. The van der Waals surface area contributed by atoms with Crippen LogP contribution in [0.3, 0.4) is 0 Å². The van der Waals surface area contributed by atoms with Crippen molar-refractivity contribution < 1.29 is 14.2 Å². The Kier molecular flexibility index (Phi) is 9.81. The van der Waals surface area contributed by atoms with Crippen LogP contribution in [0.25, 0.3) is 0 Å². The maximum atomic E-state index is 5.91. The van der Waals surface area contributed by atoms with Crippen molar-refractivity contribution in [2.75, 3.05) is 53.6 Å². The topological polar surface area (TPSA) is 55.3 Å². The normalized spacial score (nSPS) is 16.0. The molecule has 1 heterocycles. The van der Waals surface area contributed by atoms with E-state index in [9.17, 15) is 0 Å². The Morgan fingerprint density at radius 2 is 1.92 bits per heavy atom. The molecule has 0 saturated carbocycles. The van der Waals surface area contributed by atoms with Crippen molar-refractivity contribution in [3.05, 3.63) is 28.7 Å². The Morgan fingerprint density at radius 3 is 2.58 bits per heavy atom. The molecule has 1 aromatic rings. The minimum atomic E-state index is 0.349. The van der Waals surface area contributed by atoms with Gasteiger partial charge in [0, 0.05) is 44.9 Å². The third-order valence-electron chi connectivity index (χ3n) is 4.27. The molecular formula is C19H30BrN3O3. The molecule has 6 nitrogen and oxygen atoms in total. The Balaban J connectivity index is 1.62. The molecule has 0 amide bonds. The van der Waals surface area contributed by atoms with Gasteiger partial charge in [-0.15, -0.1) is 0 Å². The zero-order valence-electron chi connectivity index (χ0n) is 15.7. The van der Waals surface area contributed by atoms with Crippen LogP contribution in [-0.2, 0) is 9.47 Å². The van der Waals surface area contributed by atoms with Crippen LogP contribution in [0.5, 0.6) is 5.75 Å². The number of methoxy groups -OCH3 is 1. The molecule has 0 bridgehead atoms. The van der Waals surface area contributed by atoms with Gasteiger partial charge in [0.2, 0.25) is 0 Å². The average molecular weight is 428 g/mol. The maximum absolute atomic E-state index is 5.91. The van der Waals surface area contributed by atoms with Gasteiger partial charge < -0.3 is 24.4 Å². The number of hydrogen-bond acceptors (Lipinski definition) is 4. The lowest BCUT2D eigenvalue weighted by Gasteiger charge is -2.34. The standard InChI is InChI=1S/C19H30BrN3O3/c1-21-19(22-10-15-26-17-6-4-16(20)5-7-17)23-11-8-18(9-12-23)25-14-3-13-24-2/h4-7,18H,3,8-15H2,1-2H3,(H,21,22). The third-order valence-corrected chi connectivity index (χ3v) is 4.80. The van der Waals surface area contributed by atoms with Crippen molar-refractivity contribution in [2.24, 2.45) is 4.99 Å². The summed E-state index contributed by atoms with van der Waals surface area (Å²) in [5.74, 6) is 1.80. The fourth-order valence-electron chi connectivity index (χ4n) is 2.88. The molecule has 0 atom stereocenters. The van der Waals surface area contributed by atoms with E-state index in [4.69, 9.17) is 14.2 Å². The highest BCUT2D eigenvalue weighted by Gasteiger charge is 2.21. The van der Waals surface area contributed by atoms with E-state index in [0.717, 1.165) is 68.3 Å². The molecule has 1 aliphatic heterocycles. The number of aliphatic imine (C=N–C) groups is 1. The molecule has 0 unspecified atom stereocenters. The third kappa shape index (κ3) is 7.51. The van der Waals surface area contributed by atoms with E-state index >= 15 is 0 Å². The second-order valence-corrected chi connectivity index (χ2v) is 7.10. The van der Waals surface area contributed by atoms with Gasteiger partial charge in [-0.1, -0.05) is 15.9 Å². The Bertz CT molecular complexity index is 531. The number of likely N-dealkylation sites (tertiary alicyclic amines) is 1. The van der Waals surface area contributed by atoms with Gasteiger partial charge in [-0.2, -0.15) is 0 Å². The predicted octanol–water partition coefficient (Wildman–Crippen LogP) is 2.92. The minimum absolute atomic E-state index is 0.349. The summed E-state index contributed by atoms with van der Waals surface area (Å²) >= 11 is 3.42. The number of piperidine rings is 1. The minimum Gasteiger partial charge on any atom is -0.492 e. The largest absolute Gasteiger partial charge is 0.492 e. The summed E-state index contributed by atoms with van der Waals surface area (Å²) in [6.07, 6.45) is 3.37. The highest BCUT2D eigenvalue weighted by molar-refractivity contribution is 9.10. The summed E-state index contributed by atoms with van der Waals surface area (Å²) in [7, 11) is 3.55. The van der Waals surface area contributed by atoms with Crippen LogP contribution in [0.1, 0.15) is 19.3 Å². The molecule has 1 fully saturated rings. The number of guanidine groups is 1. The first-order chi connectivity index (χ1) is 12.7. The second-order valence-electron chi connectivity index (χ2n) is 6.18. The molecule has 1 N–H and O–H groups in total. The molecular weight excluding hydrogens is 398 g/mol. The van der Waals surface area contributed by atoms with E-state index in [1.54, 1.807) is 7.11 Å². The summed E-state index contributed by atoms with van der Waals surface area (Å²) < 4.78 is 17.8. The second kappa shape index (κ2) is 12.1. The Morgan fingerprint density at radius 1 is 1.19 bits per heavy atom. The van der Waals surface area contributed by atoms with Crippen molar-refractivity contribution in [1.29, 1.82) is 0 Å². The highest BCUT2D eigenvalue weighted by atomic mass is 79.9. The first-order valence-electron chi connectivity index (χ1n) is 9.17. The lowest BCUT2D eigenvalue weighted by atomic mass is 10.1. The van der Waals surface area contributed by atoms with Crippen LogP contribution in [0.15, 0.2) is 33.7 Å². The van der Waals surface area contributed by atoms with Crippen LogP contribution in [0.2, 0.25) is 0 Å². The molecule has 0 spiro atoms. The predicted molar refractivity (Wildman–Crippen MR) is 108 cm³/mol. The van der Waals surface area contributed by atoms with Crippen LogP contribution >= 0.6 is 15.9 Å². The van der Waals surface area contributed by atoms with Crippen LogP contribution in [-0.4, -0.2) is 70.6 Å². The van der Waals surface area contributed by atoms with Crippen molar-refractivity contribution in [3.63, 3.8) is 0 Å². The van der Waals surface area contributed by atoms with E-state index in [1.165, 1.54) is 0 Å². The smallest absolute Gasteiger partial charge is 0.193 e. The van der Waals surface area contributed by atoms with Crippen molar-refractivity contribution in [2.45, 2.75) is 25.4 Å². The summed E-state index contributed by atoms with van der Waals surface area (Å²) in [6, 6.07) is 7.86. The number of ether oxygens (including phenoxy) is 3. The molecule has 146 valence electrons. The number of rotatable bonds is 9. The summed E-state index contributed by atoms with van der Waals surface area (Å²) in [6.45, 7) is 4.77. The van der Waals surface area contributed by atoms with Gasteiger partial charge in [-0.25, -0.2) is 0 Å². The summed E-state index contributed by atoms with van der Waals surface area (Å²) in [4.78, 5) is 6.68. The van der Waals surface area contributed by atoms with E-state index in [2.05, 4.69) is 31.1 Å². The molecule has 0 radical (unpaired) electrons. The molecule has 0 aromatic heterocycles. The van der Waals surface area contributed by atoms with Gasteiger partial charge >= 0.3 is 0 Å². The van der Waals surface area contributed by atoms with Gasteiger partial charge in [0.05, 0.1) is 12.6 Å². The van der Waals surface area contributed by atoms with Crippen LogP contribution < -0.4 is 10.1 Å². The number of nitrogens with zero attached hydrogens (tertiary/aromatic N) is 2. The van der Waals surface area contributed by atoms with E-state index < -0.39 is 0 Å². The van der Waals surface area contributed by atoms with Crippen LogP contribution in [0, 0.1) is 0 Å². The number of benzene rings is 1. The lowest BCUT2D eigenvalue weighted by molar-refractivity contribution is 0.00989. The SMILES string of the molecule is CN=C(NCCOc1ccc(Br)cc1)N1CCC(OCCCOC)CC1.